The number of aromatic nitrogens is 2. The van der Waals surface area contributed by atoms with Crippen LogP contribution in [0.1, 0.15) is 51.4 Å². The third-order valence-electron chi connectivity index (χ3n) is 4.84. The molecule has 1 aliphatic rings. The highest BCUT2D eigenvalue weighted by Crippen LogP contribution is 2.17. The first-order valence-corrected chi connectivity index (χ1v) is 9.87. The Hall–Kier alpha value is -1.69. The van der Waals surface area contributed by atoms with E-state index < -0.39 is 0 Å². The number of hydrogen-bond acceptors (Lipinski definition) is 3. The molecule has 5 nitrogen and oxygen atoms in total. The highest BCUT2D eigenvalue weighted by Gasteiger charge is 2.14. The zero-order chi connectivity index (χ0) is 17.6. The average Bonchev–Trinajstić information content (AvgIpc) is 2.57. The van der Waals surface area contributed by atoms with Gasteiger partial charge in [-0.25, -0.2) is 4.98 Å². The molecule has 1 saturated carbocycles. The van der Waals surface area contributed by atoms with Crippen LogP contribution in [-0.2, 0) is 11.3 Å². The third-order valence-corrected chi connectivity index (χ3v) is 5.33. The van der Waals surface area contributed by atoms with E-state index in [-0.39, 0.29) is 17.5 Å². The maximum Gasteiger partial charge on any atom is 0.261 e. The molecule has 0 saturated heterocycles. The smallest absolute Gasteiger partial charge is 0.261 e. The molecule has 0 atom stereocenters. The van der Waals surface area contributed by atoms with Crippen LogP contribution in [0.5, 0.6) is 0 Å². The number of carbonyl (C=O) groups excluding carboxylic acids is 1. The van der Waals surface area contributed by atoms with E-state index in [1.807, 2.05) is 12.1 Å². The molecule has 3 rings (SSSR count). The molecule has 0 aliphatic heterocycles. The summed E-state index contributed by atoms with van der Waals surface area (Å²) >= 11 is 3.38. The Morgan fingerprint density at radius 3 is 2.68 bits per heavy atom. The van der Waals surface area contributed by atoms with Crippen molar-refractivity contribution < 1.29 is 4.79 Å². The monoisotopic (exact) mass is 405 g/mol. The SMILES string of the molecule is O=C(CCn1cnc2ccc(Br)cc2c1=O)NC1CCCCCCC1. The van der Waals surface area contributed by atoms with E-state index in [4.69, 9.17) is 0 Å². The summed E-state index contributed by atoms with van der Waals surface area (Å²) in [7, 11) is 0. The molecule has 0 bridgehead atoms. The quantitative estimate of drug-likeness (QED) is 0.841. The zero-order valence-electron chi connectivity index (χ0n) is 14.3. The van der Waals surface area contributed by atoms with Crippen molar-refractivity contribution in [3.63, 3.8) is 0 Å². The Bertz CT molecular complexity index is 795. The molecule has 0 unspecified atom stereocenters. The fourth-order valence-electron chi connectivity index (χ4n) is 3.41. The topological polar surface area (TPSA) is 64.0 Å². The number of rotatable bonds is 4. The van der Waals surface area contributed by atoms with Crippen molar-refractivity contribution >= 4 is 32.7 Å². The number of halogens is 1. The summed E-state index contributed by atoms with van der Waals surface area (Å²) in [5.74, 6) is 0.0202. The minimum atomic E-state index is -0.106. The van der Waals surface area contributed by atoms with Crippen LogP contribution >= 0.6 is 15.9 Å². The second-order valence-corrected chi connectivity index (χ2v) is 7.68. The van der Waals surface area contributed by atoms with Gasteiger partial charge in [0, 0.05) is 23.5 Å². The molecule has 0 spiro atoms. The van der Waals surface area contributed by atoms with Crippen molar-refractivity contribution in [1.82, 2.24) is 14.9 Å². The van der Waals surface area contributed by atoms with Crippen molar-refractivity contribution in [3.05, 3.63) is 39.4 Å². The van der Waals surface area contributed by atoms with E-state index in [1.54, 1.807) is 6.07 Å². The second-order valence-electron chi connectivity index (χ2n) is 6.76. The number of nitrogens with zero attached hydrogens (tertiary/aromatic N) is 2. The summed E-state index contributed by atoms with van der Waals surface area (Å²) < 4.78 is 2.37. The number of carbonyl (C=O) groups is 1. The molecule has 1 heterocycles. The fraction of sp³-hybridized carbons (Fsp3) is 0.526. The van der Waals surface area contributed by atoms with Crippen molar-refractivity contribution in [3.8, 4) is 0 Å². The molecular formula is C19H24BrN3O2. The lowest BCUT2D eigenvalue weighted by molar-refractivity contribution is -0.122. The van der Waals surface area contributed by atoms with Crippen LogP contribution in [0.2, 0.25) is 0 Å². The van der Waals surface area contributed by atoms with Crippen molar-refractivity contribution in [2.45, 2.75) is 64.0 Å². The summed E-state index contributed by atoms with van der Waals surface area (Å²) in [5, 5.41) is 3.71. The molecule has 25 heavy (non-hydrogen) atoms. The predicted octanol–water partition coefficient (Wildman–Crippen LogP) is 3.78. The van der Waals surface area contributed by atoms with E-state index >= 15 is 0 Å². The van der Waals surface area contributed by atoms with Gasteiger partial charge in [-0.15, -0.1) is 0 Å². The lowest BCUT2D eigenvalue weighted by Crippen LogP contribution is -2.36. The van der Waals surface area contributed by atoms with Crippen LogP contribution in [0.4, 0.5) is 0 Å². The van der Waals surface area contributed by atoms with Gasteiger partial charge in [0.25, 0.3) is 5.56 Å². The summed E-state index contributed by atoms with van der Waals surface area (Å²) in [6, 6.07) is 5.74. The van der Waals surface area contributed by atoms with Crippen LogP contribution < -0.4 is 10.9 Å². The van der Waals surface area contributed by atoms with Crippen LogP contribution in [0.25, 0.3) is 10.9 Å². The van der Waals surface area contributed by atoms with Gasteiger partial charge >= 0.3 is 0 Å². The lowest BCUT2D eigenvalue weighted by atomic mass is 9.96. The molecule has 1 aromatic heterocycles. The summed E-state index contributed by atoms with van der Waals surface area (Å²) in [5.41, 5.74) is 0.563. The maximum absolute atomic E-state index is 12.5. The van der Waals surface area contributed by atoms with Gasteiger partial charge in [-0.1, -0.05) is 48.0 Å². The number of nitrogens with one attached hydrogen (secondary N) is 1. The van der Waals surface area contributed by atoms with Crippen LogP contribution in [0, 0.1) is 0 Å². The van der Waals surface area contributed by atoms with E-state index in [1.165, 1.54) is 43.0 Å². The molecule has 1 fully saturated rings. The van der Waals surface area contributed by atoms with Crippen LogP contribution in [0.3, 0.4) is 0 Å². The Kier molecular flexibility index (Phi) is 6.24. The standard InChI is InChI=1S/C19H24BrN3O2/c20-14-8-9-17-16(12-14)19(25)23(13-21-17)11-10-18(24)22-15-6-4-2-1-3-5-7-15/h8-9,12-13,15H,1-7,10-11H2,(H,22,24). The van der Waals surface area contributed by atoms with E-state index in [2.05, 4.69) is 26.2 Å². The fourth-order valence-corrected chi connectivity index (χ4v) is 3.77. The van der Waals surface area contributed by atoms with Crippen LogP contribution in [0.15, 0.2) is 33.8 Å². The number of aryl methyl sites for hydroxylation is 1. The molecule has 1 N–H and O–H groups in total. The molecule has 134 valence electrons. The molecule has 2 aromatic rings. The summed E-state index contributed by atoms with van der Waals surface area (Å²) in [4.78, 5) is 29.1. The first kappa shape index (κ1) is 18.1. The Balaban J connectivity index is 1.61. The molecule has 1 amide bonds. The Labute approximate surface area is 156 Å². The summed E-state index contributed by atoms with van der Waals surface area (Å²) in [6.07, 6.45) is 10.2. The van der Waals surface area contributed by atoms with Crippen molar-refractivity contribution in [2.24, 2.45) is 0 Å². The van der Waals surface area contributed by atoms with Gasteiger partial charge in [0.05, 0.1) is 17.2 Å². The molecule has 0 radical (unpaired) electrons. The van der Waals surface area contributed by atoms with Crippen molar-refractivity contribution in [1.29, 1.82) is 0 Å². The first-order valence-electron chi connectivity index (χ1n) is 9.07. The van der Waals surface area contributed by atoms with Gasteiger partial charge in [-0.05, 0) is 31.0 Å². The first-order chi connectivity index (χ1) is 12.1. The third kappa shape index (κ3) is 4.91. The van der Waals surface area contributed by atoms with Gasteiger partial charge < -0.3 is 5.32 Å². The van der Waals surface area contributed by atoms with Gasteiger partial charge in [0.2, 0.25) is 5.91 Å². The highest BCUT2D eigenvalue weighted by molar-refractivity contribution is 9.10. The number of fused-ring (bicyclic) bond motifs is 1. The highest BCUT2D eigenvalue weighted by atomic mass is 79.9. The largest absolute Gasteiger partial charge is 0.353 e. The Morgan fingerprint density at radius 2 is 1.92 bits per heavy atom. The van der Waals surface area contributed by atoms with Crippen molar-refractivity contribution in [2.75, 3.05) is 0 Å². The average molecular weight is 406 g/mol. The van der Waals surface area contributed by atoms with Gasteiger partial charge in [-0.2, -0.15) is 0 Å². The molecule has 1 aliphatic carbocycles. The van der Waals surface area contributed by atoms with E-state index in [0.717, 1.165) is 17.3 Å². The zero-order valence-corrected chi connectivity index (χ0v) is 15.9. The minimum absolute atomic E-state index is 0.0202. The molecule has 1 aromatic carbocycles. The maximum atomic E-state index is 12.5. The lowest BCUT2D eigenvalue weighted by Gasteiger charge is -2.21. The normalized spacial score (nSPS) is 16.4. The van der Waals surface area contributed by atoms with Crippen LogP contribution in [-0.4, -0.2) is 21.5 Å². The molecular weight excluding hydrogens is 382 g/mol. The summed E-state index contributed by atoms with van der Waals surface area (Å²) in [6.45, 7) is 0.354. The minimum Gasteiger partial charge on any atom is -0.353 e. The van der Waals surface area contributed by atoms with E-state index in [9.17, 15) is 9.59 Å². The number of amides is 1. The molecule has 6 heteroatoms. The van der Waals surface area contributed by atoms with Gasteiger partial charge in [0.15, 0.2) is 0 Å². The van der Waals surface area contributed by atoms with E-state index in [0.29, 0.717) is 23.9 Å². The number of hydrogen-bond donors (Lipinski definition) is 1. The number of benzene rings is 1. The Morgan fingerprint density at radius 1 is 1.20 bits per heavy atom. The van der Waals surface area contributed by atoms with Gasteiger partial charge in [0.1, 0.15) is 0 Å². The van der Waals surface area contributed by atoms with Gasteiger partial charge in [-0.3, -0.25) is 14.2 Å². The second kappa shape index (κ2) is 8.61. The predicted molar refractivity (Wildman–Crippen MR) is 103 cm³/mol.